The van der Waals surface area contributed by atoms with Crippen LogP contribution in [0.4, 0.5) is 0 Å². The summed E-state index contributed by atoms with van der Waals surface area (Å²) in [6.45, 7) is 8.90. The summed E-state index contributed by atoms with van der Waals surface area (Å²) in [5, 5.41) is 0. The first kappa shape index (κ1) is 10.6. The fourth-order valence-electron chi connectivity index (χ4n) is 2.88. The quantitative estimate of drug-likeness (QED) is 0.603. The van der Waals surface area contributed by atoms with Crippen molar-refractivity contribution in [3.8, 4) is 11.1 Å². The molecule has 1 aliphatic rings. The van der Waals surface area contributed by atoms with E-state index >= 15 is 0 Å². The predicted octanol–water partition coefficient (Wildman–Crippen LogP) is 4.74. The molecule has 2 aromatic carbocycles. The molecule has 0 nitrogen and oxygen atoms in total. The zero-order valence-electron chi connectivity index (χ0n) is 11.0. The van der Waals surface area contributed by atoms with Gasteiger partial charge in [-0.3, -0.25) is 0 Å². The Morgan fingerprint density at radius 3 is 2.18 bits per heavy atom. The molecule has 1 aliphatic carbocycles. The average Bonchev–Trinajstić information content (AvgIpc) is 2.54. The minimum atomic E-state index is 0.541. The van der Waals surface area contributed by atoms with Gasteiger partial charge in [0.2, 0.25) is 0 Å². The number of hydrogen-bond acceptors (Lipinski definition) is 0. The number of hydrogen-bond donors (Lipinski definition) is 0. The molecule has 0 saturated carbocycles. The van der Waals surface area contributed by atoms with Gasteiger partial charge in [0.1, 0.15) is 0 Å². The van der Waals surface area contributed by atoms with Crippen LogP contribution in [0.3, 0.4) is 0 Å². The molecule has 0 N–H and O–H groups in total. The van der Waals surface area contributed by atoms with Gasteiger partial charge in [-0.1, -0.05) is 42.8 Å². The molecule has 0 amide bonds. The lowest BCUT2D eigenvalue weighted by Crippen LogP contribution is -1.91. The van der Waals surface area contributed by atoms with Crippen LogP contribution < -0.4 is 0 Å². The number of benzene rings is 2. The third kappa shape index (κ3) is 1.44. The molecular weight excluding hydrogens is 204 g/mol. The Hall–Kier alpha value is -1.56. The van der Waals surface area contributed by atoms with Crippen molar-refractivity contribution in [1.82, 2.24) is 0 Å². The molecule has 3 rings (SSSR count). The maximum Gasteiger partial charge on any atom is 0.00735 e. The van der Waals surface area contributed by atoms with Crippen molar-refractivity contribution in [2.75, 3.05) is 0 Å². The van der Waals surface area contributed by atoms with E-state index in [0.717, 1.165) is 0 Å². The van der Waals surface area contributed by atoms with E-state index in [0.29, 0.717) is 5.92 Å². The van der Waals surface area contributed by atoms with Gasteiger partial charge in [-0.15, -0.1) is 0 Å². The predicted molar refractivity (Wildman–Crippen MR) is 73.6 cm³/mol. The normalized spacial score (nSPS) is 16.8. The van der Waals surface area contributed by atoms with Crippen molar-refractivity contribution >= 4 is 0 Å². The molecule has 17 heavy (non-hydrogen) atoms. The lowest BCUT2D eigenvalue weighted by atomic mass is 9.96. The van der Waals surface area contributed by atoms with Crippen LogP contribution in [0.25, 0.3) is 11.1 Å². The Morgan fingerprint density at radius 2 is 1.41 bits per heavy atom. The zero-order chi connectivity index (χ0) is 12.2. The molecule has 0 radical (unpaired) electrons. The second-order valence-corrected chi connectivity index (χ2v) is 5.34. The van der Waals surface area contributed by atoms with Crippen LogP contribution in [0.5, 0.6) is 0 Å². The van der Waals surface area contributed by atoms with Gasteiger partial charge >= 0.3 is 0 Å². The summed E-state index contributed by atoms with van der Waals surface area (Å²) < 4.78 is 0. The van der Waals surface area contributed by atoms with Gasteiger partial charge in [0.25, 0.3) is 0 Å². The molecule has 0 spiro atoms. The zero-order valence-corrected chi connectivity index (χ0v) is 11.0. The van der Waals surface area contributed by atoms with Crippen LogP contribution in [-0.2, 0) is 0 Å². The van der Waals surface area contributed by atoms with Crippen molar-refractivity contribution in [2.45, 2.75) is 33.6 Å². The van der Waals surface area contributed by atoms with Crippen LogP contribution in [-0.4, -0.2) is 0 Å². The third-order valence-corrected chi connectivity index (χ3v) is 4.10. The molecule has 0 bridgehead atoms. The molecule has 0 aromatic heterocycles. The van der Waals surface area contributed by atoms with E-state index in [1.54, 1.807) is 0 Å². The topological polar surface area (TPSA) is 0 Å². The first-order chi connectivity index (χ1) is 8.08. The standard InChI is InChI=1S/C17H18/c1-10-5-6-14-15(7-10)13(4)16-8-11(2)12(3)9-17(14)16/h5-9,13H,1-4H3. The summed E-state index contributed by atoms with van der Waals surface area (Å²) in [7, 11) is 0. The van der Waals surface area contributed by atoms with Crippen molar-refractivity contribution in [1.29, 1.82) is 0 Å². The maximum atomic E-state index is 2.37. The van der Waals surface area contributed by atoms with Crippen molar-refractivity contribution in [3.05, 3.63) is 58.1 Å². The Morgan fingerprint density at radius 1 is 0.765 bits per heavy atom. The highest BCUT2D eigenvalue weighted by atomic mass is 14.3. The van der Waals surface area contributed by atoms with Crippen LogP contribution in [0.2, 0.25) is 0 Å². The minimum absolute atomic E-state index is 0.541. The second-order valence-electron chi connectivity index (χ2n) is 5.34. The molecule has 0 heterocycles. The van der Waals surface area contributed by atoms with Gasteiger partial charge in [0.15, 0.2) is 0 Å². The summed E-state index contributed by atoms with van der Waals surface area (Å²) >= 11 is 0. The Kier molecular flexibility index (Phi) is 2.16. The Bertz CT molecular complexity index is 606. The highest BCUT2D eigenvalue weighted by Crippen LogP contribution is 2.45. The largest absolute Gasteiger partial charge is 0.0587 e. The van der Waals surface area contributed by atoms with Crippen LogP contribution in [0.15, 0.2) is 30.3 Å². The fourth-order valence-corrected chi connectivity index (χ4v) is 2.88. The van der Waals surface area contributed by atoms with Gasteiger partial charge in [0, 0.05) is 5.92 Å². The first-order valence-electron chi connectivity index (χ1n) is 6.30. The van der Waals surface area contributed by atoms with E-state index in [9.17, 15) is 0 Å². The lowest BCUT2D eigenvalue weighted by Gasteiger charge is -2.08. The molecule has 0 saturated heterocycles. The minimum Gasteiger partial charge on any atom is -0.0587 e. The van der Waals surface area contributed by atoms with Crippen LogP contribution >= 0.6 is 0 Å². The van der Waals surface area contributed by atoms with Gasteiger partial charge in [0.05, 0.1) is 0 Å². The molecule has 0 fully saturated rings. The van der Waals surface area contributed by atoms with E-state index in [1.165, 1.54) is 38.9 Å². The molecule has 1 unspecified atom stereocenters. The van der Waals surface area contributed by atoms with Gasteiger partial charge in [-0.2, -0.15) is 0 Å². The van der Waals surface area contributed by atoms with E-state index < -0.39 is 0 Å². The van der Waals surface area contributed by atoms with Crippen molar-refractivity contribution in [2.24, 2.45) is 0 Å². The molecule has 2 aromatic rings. The van der Waals surface area contributed by atoms with E-state index in [-0.39, 0.29) is 0 Å². The second kappa shape index (κ2) is 3.46. The summed E-state index contributed by atoms with van der Waals surface area (Å²) in [4.78, 5) is 0. The summed E-state index contributed by atoms with van der Waals surface area (Å²) in [5.41, 5.74) is 10.0. The van der Waals surface area contributed by atoms with Gasteiger partial charge in [-0.25, -0.2) is 0 Å². The highest BCUT2D eigenvalue weighted by Gasteiger charge is 2.25. The summed E-state index contributed by atoms with van der Waals surface area (Å²) in [6.07, 6.45) is 0. The van der Waals surface area contributed by atoms with E-state index in [2.05, 4.69) is 58.0 Å². The van der Waals surface area contributed by atoms with Gasteiger partial charge in [-0.05, 0) is 54.2 Å². The fraction of sp³-hybridized carbons (Fsp3) is 0.294. The van der Waals surface area contributed by atoms with Crippen molar-refractivity contribution < 1.29 is 0 Å². The molecule has 86 valence electrons. The summed E-state index contributed by atoms with van der Waals surface area (Å²) in [5.74, 6) is 0.541. The van der Waals surface area contributed by atoms with Gasteiger partial charge < -0.3 is 0 Å². The Balaban J connectivity index is 2.31. The number of rotatable bonds is 0. The number of aryl methyl sites for hydroxylation is 3. The SMILES string of the molecule is Cc1ccc2c(c1)C(C)c1cc(C)c(C)cc1-2. The average molecular weight is 222 g/mol. The molecular formula is C17H18. The highest BCUT2D eigenvalue weighted by molar-refractivity contribution is 5.79. The maximum absolute atomic E-state index is 2.37. The smallest absolute Gasteiger partial charge is 0.00735 e. The van der Waals surface area contributed by atoms with Crippen LogP contribution in [0, 0.1) is 20.8 Å². The van der Waals surface area contributed by atoms with E-state index in [1.807, 2.05) is 0 Å². The third-order valence-electron chi connectivity index (χ3n) is 4.10. The monoisotopic (exact) mass is 222 g/mol. The van der Waals surface area contributed by atoms with E-state index in [4.69, 9.17) is 0 Å². The number of fused-ring (bicyclic) bond motifs is 3. The summed E-state index contributed by atoms with van der Waals surface area (Å²) in [6, 6.07) is 11.6. The lowest BCUT2D eigenvalue weighted by molar-refractivity contribution is 0.951. The van der Waals surface area contributed by atoms with Crippen LogP contribution in [0.1, 0.15) is 40.7 Å². The molecule has 1 atom stereocenters. The molecule has 0 heteroatoms. The van der Waals surface area contributed by atoms with Crippen molar-refractivity contribution in [3.63, 3.8) is 0 Å². The Labute approximate surface area is 103 Å². The molecule has 0 aliphatic heterocycles. The first-order valence-corrected chi connectivity index (χ1v) is 6.30.